The van der Waals surface area contributed by atoms with Crippen molar-refractivity contribution in [2.75, 3.05) is 0 Å². The molecule has 0 radical (unpaired) electrons. The number of rotatable bonds is 2. The standard InChI is InChI=1S/C13H18N2O/c1-9-3-6-12(7-9)15-13(16)11-5-4-10(2)14-8-11/h4-5,8-9,12H,3,6-7H2,1-2H3,(H,15,16). The molecule has 3 heteroatoms. The van der Waals surface area contributed by atoms with Gasteiger partial charge in [-0.3, -0.25) is 9.78 Å². The van der Waals surface area contributed by atoms with E-state index in [2.05, 4.69) is 17.2 Å². The van der Waals surface area contributed by atoms with Crippen LogP contribution in [0.1, 0.15) is 42.2 Å². The minimum atomic E-state index is 0.00611. The number of nitrogens with one attached hydrogen (secondary N) is 1. The normalized spacial score (nSPS) is 24.4. The molecule has 1 fully saturated rings. The van der Waals surface area contributed by atoms with Crippen molar-refractivity contribution in [3.05, 3.63) is 29.6 Å². The summed E-state index contributed by atoms with van der Waals surface area (Å²) in [5.41, 5.74) is 1.59. The van der Waals surface area contributed by atoms with E-state index in [9.17, 15) is 4.79 Å². The van der Waals surface area contributed by atoms with Gasteiger partial charge in [-0.15, -0.1) is 0 Å². The maximum Gasteiger partial charge on any atom is 0.253 e. The number of pyridine rings is 1. The van der Waals surface area contributed by atoms with Gasteiger partial charge in [0.1, 0.15) is 0 Å². The van der Waals surface area contributed by atoms with E-state index >= 15 is 0 Å². The molecule has 16 heavy (non-hydrogen) atoms. The van der Waals surface area contributed by atoms with Crippen molar-refractivity contribution in [3.63, 3.8) is 0 Å². The molecule has 1 heterocycles. The van der Waals surface area contributed by atoms with Crippen LogP contribution in [0.3, 0.4) is 0 Å². The highest BCUT2D eigenvalue weighted by atomic mass is 16.1. The van der Waals surface area contributed by atoms with E-state index in [1.165, 1.54) is 6.42 Å². The van der Waals surface area contributed by atoms with Crippen LogP contribution in [0.4, 0.5) is 0 Å². The average molecular weight is 218 g/mol. The molecule has 1 aliphatic carbocycles. The number of amides is 1. The Balaban J connectivity index is 1.95. The van der Waals surface area contributed by atoms with E-state index in [-0.39, 0.29) is 5.91 Å². The average Bonchev–Trinajstić information content (AvgIpc) is 2.65. The number of hydrogen-bond donors (Lipinski definition) is 1. The zero-order valence-electron chi connectivity index (χ0n) is 9.86. The zero-order chi connectivity index (χ0) is 11.5. The van der Waals surface area contributed by atoms with Crippen LogP contribution in [-0.4, -0.2) is 16.9 Å². The van der Waals surface area contributed by atoms with Crippen LogP contribution in [-0.2, 0) is 0 Å². The van der Waals surface area contributed by atoms with E-state index in [0.717, 1.165) is 24.5 Å². The lowest BCUT2D eigenvalue weighted by atomic mass is 10.1. The molecule has 2 rings (SSSR count). The second-order valence-electron chi connectivity index (χ2n) is 4.78. The maximum absolute atomic E-state index is 11.9. The lowest BCUT2D eigenvalue weighted by molar-refractivity contribution is 0.0937. The molecule has 1 saturated carbocycles. The van der Waals surface area contributed by atoms with Crippen molar-refractivity contribution < 1.29 is 4.79 Å². The quantitative estimate of drug-likeness (QED) is 0.827. The SMILES string of the molecule is Cc1ccc(C(=O)NC2CCC(C)C2)cn1. The lowest BCUT2D eigenvalue weighted by Crippen LogP contribution is -2.32. The summed E-state index contributed by atoms with van der Waals surface area (Å²) < 4.78 is 0. The van der Waals surface area contributed by atoms with Gasteiger partial charge in [-0.1, -0.05) is 6.92 Å². The van der Waals surface area contributed by atoms with Gasteiger partial charge in [-0.05, 0) is 44.2 Å². The number of aromatic nitrogens is 1. The highest BCUT2D eigenvalue weighted by Gasteiger charge is 2.22. The lowest BCUT2D eigenvalue weighted by Gasteiger charge is -2.12. The summed E-state index contributed by atoms with van der Waals surface area (Å²) >= 11 is 0. The summed E-state index contributed by atoms with van der Waals surface area (Å²) in [7, 11) is 0. The van der Waals surface area contributed by atoms with Crippen molar-refractivity contribution in [1.29, 1.82) is 0 Å². The summed E-state index contributed by atoms with van der Waals surface area (Å²) in [6.45, 7) is 4.15. The van der Waals surface area contributed by atoms with Gasteiger partial charge in [0.15, 0.2) is 0 Å². The van der Waals surface area contributed by atoms with E-state index in [1.807, 2.05) is 19.1 Å². The van der Waals surface area contributed by atoms with E-state index < -0.39 is 0 Å². The van der Waals surface area contributed by atoms with Crippen LogP contribution in [0, 0.1) is 12.8 Å². The van der Waals surface area contributed by atoms with Gasteiger partial charge < -0.3 is 5.32 Å². The number of hydrogen-bond acceptors (Lipinski definition) is 2. The third-order valence-corrected chi connectivity index (χ3v) is 3.20. The third-order valence-electron chi connectivity index (χ3n) is 3.20. The predicted molar refractivity (Wildman–Crippen MR) is 63.2 cm³/mol. The van der Waals surface area contributed by atoms with Crippen molar-refractivity contribution in [1.82, 2.24) is 10.3 Å². The van der Waals surface area contributed by atoms with Crippen LogP contribution in [0.15, 0.2) is 18.3 Å². The van der Waals surface area contributed by atoms with Gasteiger partial charge in [0.05, 0.1) is 5.56 Å². The molecule has 0 bridgehead atoms. The molecule has 0 spiro atoms. The highest BCUT2D eigenvalue weighted by Crippen LogP contribution is 2.24. The van der Waals surface area contributed by atoms with Gasteiger partial charge in [-0.2, -0.15) is 0 Å². The number of nitrogens with zero attached hydrogens (tertiary/aromatic N) is 1. The molecule has 1 aromatic heterocycles. The predicted octanol–water partition coefficient (Wildman–Crippen LogP) is 2.31. The third kappa shape index (κ3) is 2.60. The Morgan fingerprint density at radius 2 is 2.25 bits per heavy atom. The van der Waals surface area contributed by atoms with Crippen LogP contribution >= 0.6 is 0 Å². The second kappa shape index (κ2) is 4.64. The molecular formula is C13H18N2O. The van der Waals surface area contributed by atoms with Crippen LogP contribution in [0.25, 0.3) is 0 Å². The molecule has 2 unspecified atom stereocenters. The minimum absolute atomic E-state index is 0.00611. The number of aryl methyl sites for hydroxylation is 1. The molecule has 3 nitrogen and oxygen atoms in total. The summed E-state index contributed by atoms with van der Waals surface area (Å²) in [5, 5.41) is 3.07. The first-order valence-corrected chi connectivity index (χ1v) is 5.88. The Morgan fingerprint density at radius 3 is 2.81 bits per heavy atom. The van der Waals surface area contributed by atoms with Gasteiger partial charge >= 0.3 is 0 Å². The molecule has 2 atom stereocenters. The Hall–Kier alpha value is -1.38. The maximum atomic E-state index is 11.9. The molecule has 0 aromatic carbocycles. The fourth-order valence-corrected chi connectivity index (χ4v) is 2.21. The van der Waals surface area contributed by atoms with Crippen LogP contribution in [0.5, 0.6) is 0 Å². The van der Waals surface area contributed by atoms with Crippen molar-refractivity contribution in [2.45, 2.75) is 39.2 Å². The topological polar surface area (TPSA) is 42.0 Å². The smallest absolute Gasteiger partial charge is 0.253 e. The van der Waals surface area contributed by atoms with Crippen molar-refractivity contribution in [2.24, 2.45) is 5.92 Å². The molecule has 1 amide bonds. The van der Waals surface area contributed by atoms with Gasteiger partial charge in [-0.25, -0.2) is 0 Å². The first kappa shape index (κ1) is 11.1. The zero-order valence-corrected chi connectivity index (χ0v) is 9.86. The monoisotopic (exact) mass is 218 g/mol. The Kier molecular flexibility index (Phi) is 3.22. The first-order valence-electron chi connectivity index (χ1n) is 5.88. The fourth-order valence-electron chi connectivity index (χ4n) is 2.21. The van der Waals surface area contributed by atoms with Crippen LogP contribution < -0.4 is 5.32 Å². The molecule has 0 saturated heterocycles. The molecule has 1 N–H and O–H groups in total. The highest BCUT2D eigenvalue weighted by molar-refractivity contribution is 5.94. The molecule has 1 aliphatic rings. The van der Waals surface area contributed by atoms with Crippen LogP contribution in [0.2, 0.25) is 0 Å². The number of carbonyl (C=O) groups excluding carboxylic acids is 1. The van der Waals surface area contributed by atoms with Gasteiger partial charge in [0, 0.05) is 17.9 Å². The summed E-state index contributed by atoms with van der Waals surface area (Å²) in [6, 6.07) is 4.05. The molecule has 1 aromatic rings. The molecular weight excluding hydrogens is 200 g/mol. The Morgan fingerprint density at radius 1 is 1.44 bits per heavy atom. The van der Waals surface area contributed by atoms with Gasteiger partial charge in [0.2, 0.25) is 0 Å². The van der Waals surface area contributed by atoms with E-state index in [1.54, 1.807) is 6.20 Å². The number of carbonyl (C=O) groups is 1. The largest absolute Gasteiger partial charge is 0.349 e. The Bertz CT molecular complexity index is 372. The summed E-state index contributed by atoms with van der Waals surface area (Å²) in [6.07, 6.45) is 5.07. The van der Waals surface area contributed by atoms with E-state index in [0.29, 0.717) is 11.6 Å². The van der Waals surface area contributed by atoms with Crippen molar-refractivity contribution >= 4 is 5.91 Å². The molecule has 86 valence electrons. The first-order chi connectivity index (χ1) is 7.65. The van der Waals surface area contributed by atoms with E-state index in [4.69, 9.17) is 0 Å². The minimum Gasteiger partial charge on any atom is -0.349 e. The van der Waals surface area contributed by atoms with Gasteiger partial charge in [0.25, 0.3) is 5.91 Å². The summed E-state index contributed by atoms with van der Waals surface area (Å²) in [5.74, 6) is 0.744. The summed E-state index contributed by atoms with van der Waals surface area (Å²) in [4.78, 5) is 16.0. The van der Waals surface area contributed by atoms with Crippen molar-refractivity contribution in [3.8, 4) is 0 Å². The molecule has 0 aliphatic heterocycles. The fraction of sp³-hybridized carbons (Fsp3) is 0.538. The second-order valence-corrected chi connectivity index (χ2v) is 4.78. The Labute approximate surface area is 96.3 Å².